The number of anilines is 1. The molecule has 0 radical (unpaired) electrons. The van der Waals surface area contributed by atoms with Gasteiger partial charge >= 0.3 is 5.69 Å². The highest BCUT2D eigenvalue weighted by Gasteiger charge is 2.16. The molecule has 2 aromatic heterocycles. The summed E-state index contributed by atoms with van der Waals surface area (Å²) in [5.41, 5.74) is 1.75. The predicted octanol–water partition coefficient (Wildman–Crippen LogP) is 1.79. The van der Waals surface area contributed by atoms with Gasteiger partial charge in [-0.3, -0.25) is 0 Å². The van der Waals surface area contributed by atoms with Crippen LogP contribution in [0.25, 0.3) is 16.9 Å². The van der Waals surface area contributed by atoms with Gasteiger partial charge in [-0.05, 0) is 25.0 Å². The van der Waals surface area contributed by atoms with Gasteiger partial charge in [0.25, 0.3) is 0 Å². The van der Waals surface area contributed by atoms with Crippen molar-refractivity contribution in [1.82, 2.24) is 19.1 Å². The largest absolute Gasteiger partial charge is 0.396 e. The number of fused-ring (bicyclic) bond motifs is 1. The number of aliphatic hydroxyl groups excluding tert-OH is 1. The zero-order valence-corrected chi connectivity index (χ0v) is 13.6. The summed E-state index contributed by atoms with van der Waals surface area (Å²) in [7, 11) is 0. The fourth-order valence-electron chi connectivity index (χ4n) is 2.70. The number of imidazole rings is 1. The van der Waals surface area contributed by atoms with Crippen molar-refractivity contribution in [3.8, 4) is 5.69 Å². The lowest BCUT2D eigenvalue weighted by molar-refractivity contribution is 0.292. The summed E-state index contributed by atoms with van der Waals surface area (Å²) < 4.78 is 3.53. The topological polar surface area (TPSA) is 85.0 Å². The van der Waals surface area contributed by atoms with Crippen LogP contribution >= 0.6 is 0 Å². The fraction of sp³-hybridized carbons (Fsp3) is 0.353. The monoisotopic (exact) mass is 327 g/mol. The van der Waals surface area contributed by atoms with Crippen LogP contribution in [0.1, 0.15) is 19.8 Å². The number of hydrogen-bond donors (Lipinski definition) is 2. The number of para-hydroxylation sites is 1. The Kier molecular flexibility index (Phi) is 4.90. The summed E-state index contributed by atoms with van der Waals surface area (Å²) in [5, 5.41) is 12.1. The standard InChI is InChI=1S/C17H21N5O2/c1-2-10-21-12-19-16-14(21)15(18-9-6-11-23)20-17(24)22(16)13-7-4-3-5-8-13/h3-5,7-8,12,23H,2,6,9-11H2,1H3,(H,18,20,24). The molecule has 0 amide bonds. The molecular weight excluding hydrogens is 306 g/mol. The highest BCUT2D eigenvalue weighted by atomic mass is 16.3. The maximum absolute atomic E-state index is 12.6. The summed E-state index contributed by atoms with van der Waals surface area (Å²) in [6.07, 6.45) is 3.28. The molecule has 0 saturated carbocycles. The first-order chi connectivity index (χ1) is 11.8. The summed E-state index contributed by atoms with van der Waals surface area (Å²) in [6.45, 7) is 3.52. The van der Waals surface area contributed by atoms with Crippen molar-refractivity contribution >= 4 is 17.0 Å². The molecule has 0 aliphatic rings. The van der Waals surface area contributed by atoms with Gasteiger partial charge in [0.15, 0.2) is 11.5 Å². The minimum absolute atomic E-state index is 0.0887. The van der Waals surface area contributed by atoms with Crippen LogP contribution in [0.5, 0.6) is 0 Å². The molecule has 0 aliphatic carbocycles. The van der Waals surface area contributed by atoms with Gasteiger partial charge in [0.2, 0.25) is 0 Å². The van der Waals surface area contributed by atoms with E-state index < -0.39 is 0 Å². The molecule has 1 aromatic carbocycles. The van der Waals surface area contributed by atoms with Crippen LogP contribution in [-0.4, -0.2) is 37.4 Å². The average molecular weight is 327 g/mol. The van der Waals surface area contributed by atoms with E-state index in [1.165, 1.54) is 4.57 Å². The Balaban J connectivity index is 2.19. The molecule has 3 rings (SSSR count). The molecule has 2 heterocycles. The number of rotatable bonds is 7. The SMILES string of the molecule is CCCn1cnc2c1c(NCCCO)nc(=O)n2-c1ccccc1. The van der Waals surface area contributed by atoms with Crippen LogP contribution in [0, 0.1) is 0 Å². The van der Waals surface area contributed by atoms with Crippen LogP contribution in [-0.2, 0) is 6.54 Å². The highest BCUT2D eigenvalue weighted by molar-refractivity contribution is 5.84. The molecule has 0 fully saturated rings. The van der Waals surface area contributed by atoms with E-state index in [0.29, 0.717) is 24.4 Å². The average Bonchev–Trinajstić information content (AvgIpc) is 3.00. The van der Waals surface area contributed by atoms with E-state index in [-0.39, 0.29) is 12.3 Å². The van der Waals surface area contributed by atoms with E-state index in [4.69, 9.17) is 5.11 Å². The molecule has 24 heavy (non-hydrogen) atoms. The summed E-state index contributed by atoms with van der Waals surface area (Å²) >= 11 is 0. The van der Waals surface area contributed by atoms with Gasteiger partial charge in [-0.15, -0.1) is 0 Å². The number of benzene rings is 1. The van der Waals surface area contributed by atoms with Crippen molar-refractivity contribution in [1.29, 1.82) is 0 Å². The van der Waals surface area contributed by atoms with Crippen molar-refractivity contribution in [2.75, 3.05) is 18.5 Å². The Morgan fingerprint density at radius 3 is 2.75 bits per heavy atom. The summed E-state index contributed by atoms with van der Waals surface area (Å²) in [5.74, 6) is 0.515. The van der Waals surface area contributed by atoms with Gasteiger partial charge in [0.1, 0.15) is 5.52 Å². The van der Waals surface area contributed by atoms with Crippen LogP contribution in [0.2, 0.25) is 0 Å². The number of nitrogens with zero attached hydrogens (tertiary/aromatic N) is 4. The number of nitrogens with one attached hydrogen (secondary N) is 1. The fourth-order valence-corrected chi connectivity index (χ4v) is 2.70. The lowest BCUT2D eigenvalue weighted by Crippen LogP contribution is -2.24. The van der Waals surface area contributed by atoms with Crippen molar-refractivity contribution < 1.29 is 5.11 Å². The summed E-state index contributed by atoms with van der Waals surface area (Å²) in [6, 6.07) is 9.38. The zero-order chi connectivity index (χ0) is 16.9. The molecule has 7 nitrogen and oxygen atoms in total. The molecule has 0 saturated heterocycles. The molecule has 2 N–H and O–H groups in total. The minimum atomic E-state index is -0.373. The molecule has 7 heteroatoms. The van der Waals surface area contributed by atoms with Gasteiger partial charge in [0.05, 0.1) is 12.0 Å². The first-order valence-electron chi connectivity index (χ1n) is 8.14. The van der Waals surface area contributed by atoms with Gasteiger partial charge in [-0.1, -0.05) is 25.1 Å². The third kappa shape index (κ3) is 3.03. The van der Waals surface area contributed by atoms with Crippen molar-refractivity contribution in [2.24, 2.45) is 0 Å². The van der Waals surface area contributed by atoms with E-state index in [0.717, 1.165) is 24.2 Å². The molecule has 0 spiro atoms. The predicted molar refractivity (Wildman–Crippen MR) is 93.6 cm³/mol. The second kappa shape index (κ2) is 7.27. The lowest BCUT2D eigenvalue weighted by Gasteiger charge is -2.12. The number of hydrogen-bond acceptors (Lipinski definition) is 5. The third-order valence-corrected chi connectivity index (χ3v) is 3.76. The van der Waals surface area contributed by atoms with E-state index in [9.17, 15) is 4.79 Å². The highest BCUT2D eigenvalue weighted by Crippen LogP contribution is 2.21. The smallest absolute Gasteiger partial charge is 0.355 e. The van der Waals surface area contributed by atoms with Gasteiger partial charge in [0, 0.05) is 19.7 Å². The molecule has 0 unspecified atom stereocenters. The van der Waals surface area contributed by atoms with E-state index in [2.05, 4.69) is 22.2 Å². The van der Waals surface area contributed by atoms with Gasteiger partial charge in [-0.25, -0.2) is 14.3 Å². The zero-order valence-electron chi connectivity index (χ0n) is 13.6. The Morgan fingerprint density at radius 2 is 2.04 bits per heavy atom. The minimum Gasteiger partial charge on any atom is -0.396 e. The Labute approximate surface area is 139 Å². The maximum atomic E-state index is 12.6. The Hall–Kier alpha value is -2.67. The quantitative estimate of drug-likeness (QED) is 0.646. The number of aliphatic hydroxyl groups is 1. The normalized spacial score (nSPS) is 11.1. The van der Waals surface area contributed by atoms with E-state index in [1.54, 1.807) is 6.33 Å². The van der Waals surface area contributed by atoms with Crippen molar-refractivity contribution in [2.45, 2.75) is 26.3 Å². The van der Waals surface area contributed by atoms with Crippen molar-refractivity contribution in [3.63, 3.8) is 0 Å². The van der Waals surface area contributed by atoms with Crippen LogP contribution in [0.4, 0.5) is 5.82 Å². The van der Waals surface area contributed by atoms with E-state index in [1.807, 2.05) is 34.9 Å². The molecule has 3 aromatic rings. The van der Waals surface area contributed by atoms with Crippen LogP contribution in [0.3, 0.4) is 0 Å². The Morgan fingerprint density at radius 1 is 1.25 bits per heavy atom. The molecule has 0 atom stereocenters. The van der Waals surface area contributed by atoms with Crippen LogP contribution in [0.15, 0.2) is 41.5 Å². The molecule has 0 aliphatic heterocycles. The first kappa shape index (κ1) is 16.2. The summed E-state index contributed by atoms with van der Waals surface area (Å²) in [4.78, 5) is 21.2. The maximum Gasteiger partial charge on any atom is 0.355 e. The van der Waals surface area contributed by atoms with Gasteiger partial charge in [-0.2, -0.15) is 4.98 Å². The lowest BCUT2D eigenvalue weighted by atomic mass is 10.3. The molecular formula is C17H21N5O2. The van der Waals surface area contributed by atoms with Crippen LogP contribution < -0.4 is 11.0 Å². The Bertz CT molecular complexity index is 870. The van der Waals surface area contributed by atoms with Gasteiger partial charge < -0.3 is 15.0 Å². The number of aryl methyl sites for hydroxylation is 1. The third-order valence-electron chi connectivity index (χ3n) is 3.76. The molecule has 0 bridgehead atoms. The van der Waals surface area contributed by atoms with Crippen molar-refractivity contribution in [3.05, 3.63) is 47.1 Å². The second-order valence-electron chi connectivity index (χ2n) is 5.53. The first-order valence-corrected chi connectivity index (χ1v) is 8.14. The van der Waals surface area contributed by atoms with E-state index >= 15 is 0 Å². The second-order valence-corrected chi connectivity index (χ2v) is 5.53. The number of aromatic nitrogens is 4. The molecule has 126 valence electrons.